The minimum absolute atomic E-state index is 0.189. The lowest BCUT2D eigenvalue weighted by Gasteiger charge is -2.10. The van der Waals surface area contributed by atoms with Gasteiger partial charge in [-0.1, -0.05) is 17.7 Å². The fourth-order valence-corrected chi connectivity index (χ4v) is 2.06. The van der Waals surface area contributed by atoms with Crippen LogP contribution in [0.3, 0.4) is 0 Å². The van der Waals surface area contributed by atoms with Gasteiger partial charge in [-0.25, -0.2) is 4.39 Å². The van der Waals surface area contributed by atoms with Crippen LogP contribution in [0.1, 0.15) is 15.9 Å². The second-order valence-electron chi connectivity index (χ2n) is 4.94. The molecule has 2 aromatic rings. The molecule has 0 saturated heterocycles. The smallest absolute Gasteiger partial charge is 0.343 e. The largest absolute Gasteiger partial charge is 0.416 e. The third-order valence-electron chi connectivity index (χ3n) is 3.06. The average Bonchev–Trinajstić information content (AvgIpc) is 2.55. The highest BCUT2D eigenvalue weighted by Gasteiger charge is 2.30. The van der Waals surface area contributed by atoms with Crippen molar-refractivity contribution in [3.8, 4) is 0 Å². The van der Waals surface area contributed by atoms with Crippen molar-refractivity contribution in [1.82, 2.24) is 5.32 Å². The quantitative estimate of drug-likeness (QED) is 0.798. The monoisotopic (exact) mass is 374 g/mol. The van der Waals surface area contributed by atoms with Gasteiger partial charge in [0.15, 0.2) is 0 Å². The van der Waals surface area contributed by atoms with Gasteiger partial charge < -0.3 is 10.6 Å². The second kappa shape index (κ2) is 7.52. The Bertz CT molecular complexity index is 809. The third kappa shape index (κ3) is 5.18. The highest BCUT2D eigenvalue weighted by molar-refractivity contribution is 6.31. The molecule has 2 aromatic carbocycles. The van der Waals surface area contributed by atoms with E-state index in [0.29, 0.717) is 6.07 Å². The fourth-order valence-electron chi connectivity index (χ4n) is 1.88. The number of alkyl halides is 3. The van der Waals surface area contributed by atoms with Crippen LogP contribution in [-0.2, 0) is 11.0 Å². The van der Waals surface area contributed by atoms with Crippen molar-refractivity contribution in [3.05, 3.63) is 64.4 Å². The average molecular weight is 375 g/mol. The third-order valence-corrected chi connectivity index (χ3v) is 3.35. The Hall–Kier alpha value is -2.61. The van der Waals surface area contributed by atoms with Crippen LogP contribution in [-0.4, -0.2) is 18.4 Å². The van der Waals surface area contributed by atoms with E-state index in [-0.39, 0.29) is 16.3 Å². The van der Waals surface area contributed by atoms with E-state index in [1.165, 1.54) is 18.2 Å². The zero-order chi connectivity index (χ0) is 18.6. The molecule has 0 radical (unpaired) electrons. The summed E-state index contributed by atoms with van der Waals surface area (Å²) in [6.45, 7) is -0.482. The number of carbonyl (C=O) groups excluding carboxylic acids is 2. The molecule has 132 valence electrons. The first-order valence-electron chi connectivity index (χ1n) is 6.87. The lowest BCUT2D eigenvalue weighted by Crippen LogP contribution is -2.33. The van der Waals surface area contributed by atoms with Crippen LogP contribution in [0.5, 0.6) is 0 Å². The highest BCUT2D eigenvalue weighted by atomic mass is 35.5. The van der Waals surface area contributed by atoms with Gasteiger partial charge in [-0.05, 0) is 36.4 Å². The Morgan fingerprint density at radius 2 is 1.80 bits per heavy atom. The van der Waals surface area contributed by atoms with Crippen LogP contribution in [0, 0.1) is 5.82 Å². The molecule has 0 aromatic heterocycles. The first-order chi connectivity index (χ1) is 11.7. The second-order valence-corrected chi connectivity index (χ2v) is 5.35. The van der Waals surface area contributed by atoms with Crippen molar-refractivity contribution in [2.75, 3.05) is 11.9 Å². The summed E-state index contributed by atoms with van der Waals surface area (Å²) >= 11 is 5.57. The number of amides is 2. The van der Waals surface area contributed by atoms with Crippen molar-refractivity contribution in [3.63, 3.8) is 0 Å². The predicted molar refractivity (Wildman–Crippen MR) is 83.8 cm³/mol. The van der Waals surface area contributed by atoms with Gasteiger partial charge in [0.05, 0.1) is 17.1 Å². The number of hydrogen-bond donors (Lipinski definition) is 2. The molecule has 0 spiro atoms. The molecule has 0 aliphatic rings. The van der Waals surface area contributed by atoms with Crippen molar-refractivity contribution in [2.24, 2.45) is 0 Å². The topological polar surface area (TPSA) is 58.2 Å². The molecule has 2 rings (SSSR count). The summed E-state index contributed by atoms with van der Waals surface area (Å²) in [7, 11) is 0. The summed E-state index contributed by atoms with van der Waals surface area (Å²) in [5.74, 6) is -2.14. The molecular weight excluding hydrogens is 364 g/mol. The van der Waals surface area contributed by atoms with E-state index in [4.69, 9.17) is 11.6 Å². The lowest BCUT2D eigenvalue weighted by molar-refractivity contribution is -0.137. The van der Waals surface area contributed by atoms with E-state index in [1.807, 2.05) is 0 Å². The first kappa shape index (κ1) is 18.7. The van der Waals surface area contributed by atoms with Crippen LogP contribution in [0.25, 0.3) is 0 Å². The normalized spacial score (nSPS) is 11.1. The number of rotatable bonds is 4. The number of anilines is 1. The van der Waals surface area contributed by atoms with Crippen LogP contribution in [0.4, 0.5) is 23.2 Å². The van der Waals surface area contributed by atoms with E-state index in [1.54, 1.807) is 0 Å². The molecule has 0 aliphatic heterocycles. The number of halogens is 5. The van der Waals surface area contributed by atoms with Gasteiger partial charge >= 0.3 is 6.18 Å². The summed E-state index contributed by atoms with van der Waals surface area (Å²) in [6.07, 6.45) is -4.57. The van der Waals surface area contributed by atoms with E-state index in [2.05, 4.69) is 10.6 Å². The lowest BCUT2D eigenvalue weighted by atomic mass is 10.1. The summed E-state index contributed by atoms with van der Waals surface area (Å²) in [4.78, 5) is 23.6. The SMILES string of the molecule is O=C(CNC(=O)c1cccc(C(F)(F)F)c1)Nc1ccc(F)c(Cl)c1. The van der Waals surface area contributed by atoms with E-state index >= 15 is 0 Å². The van der Waals surface area contributed by atoms with Gasteiger partial charge in [0.25, 0.3) is 5.91 Å². The molecule has 4 nitrogen and oxygen atoms in total. The molecule has 2 N–H and O–H groups in total. The Balaban J connectivity index is 1.95. The van der Waals surface area contributed by atoms with Crippen molar-refractivity contribution in [2.45, 2.75) is 6.18 Å². The molecule has 25 heavy (non-hydrogen) atoms. The number of benzene rings is 2. The Morgan fingerprint density at radius 3 is 2.44 bits per heavy atom. The molecule has 2 amide bonds. The number of nitrogens with one attached hydrogen (secondary N) is 2. The van der Waals surface area contributed by atoms with Gasteiger partial charge in [0.2, 0.25) is 5.91 Å². The molecule has 0 fully saturated rings. The van der Waals surface area contributed by atoms with E-state index in [9.17, 15) is 27.2 Å². The summed E-state index contributed by atoms with van der Waals surface area (Å²) in [5.41, 5.74) is -0.984. The molecule has 0 unspecified atom stereocenters. The Kier molecular flexibility index (Phi) is 5.63. The van der Waals surface area contributed by atoms with Crippen LogP contribution < -0.4 is 10.6 Å². The first-order valence-corrected chi connectivity index (χ1v) is 7.25. The van der Waals surface area contributed by atoms with Crippen molar-refractivity contribution in [1.29, 1.82) is 0 Å². The van der Waals surface area contributed by atoms with E-state index < -0.39 is 35.9 Å². The predicted octanol–water partition coefficient (Wildman–Crippen LogP) is 3.87. The summed E-state index contributed by atoms with van der Waals surface area (Å²) in [6, 6.07) is 7.33. The molecule has 0 heterocycles. The number of hydrogen-bond acceptors (Lipinski definition) is 2. The zero-order valence-corrected chi connectivity index (χ0v) is 13.2. The maximum atomic E-state index is 13.0. The number of carbonyl (C=O) groups is 2. The fraction of sp³-hybridized carbons (Fsp3) is 0.125. The van der Waals surface area contributed by atoms with Gasteiger partial charge in [0.1, 0.15) is 5.82 Å². The van der Waals surface area contributed by atoms with Crippen molar-refractivity contribution < 1.29 is 27.2 Å². The molecule has 0 bridgehead atoms. The van der Waals surface area contributed by atoms with Gasteiger partial charge in [0, 0.05) is 11.3 Å². The van der Waals surface area contributed by atoms with Gasteiger partial charge in [-0.15, -0.1) is 0 Å². The van der Waals surface area contributed by atoms with Crippen LogP contribution in [0.2, 0.25) is 5.02 Å². The summed E-state index contributed by atoms with van der Waals surface area (Å²) < 4.78 is 50.9. The maximum absolute atomic E-state index is 13.0. The Labute approximate surface area is 144 Å². The standard InChI is InChI=1S/C16H11ClF4N2O2/c17-12-7-11(4-5-13(12)18)23-14(24)8-22-15(25)9-2-1-3-10(6-9)16(19,20)21/h1-7H,8H2,(H,22,25)(H,23,24). The van der Waals surface area contributed by atoms with Crippen molar-refractivity contribution >= 4 is 29.1 Å². The van der Waals surface area contributed by atoms with Crippen LogP contribution in [0.15, 0.2) is 42.5 Å². The Morgan fingerprint density at radius 1 is 1.08 bits per heavy atom. The molecular formula is C16H11ClF4N2O2. The minimum atomic E-state index is -4.57. The molecule has 0 aliphatic carbocycles. The highest BCUT2D eigenvalue weighted by Crippen LogP contribution is 2.29. The van der Waals surface area contributed by atoms with Gasteiger partial charge in [-0.3, -0.25) is 9.59 Å². The van der Waals surface area contributed by atoms with E-state index in [0.717, 1.165) is 18.2 Å². The zero-order valence-electron chi connectivity index (χ0n) is 12.5. The summed E-state index contributed by atoms with van der Waals surface area (Å²) in [5, 5.41) is 4.38. The molecule has 9 heteroatoms. The molecule has 0 saturated carbocycles. The van der Waals surface area contributed by atoms with Gasteiger partial charge in [-0.2, -0.15) is 13.2 Å². The minimum Gasteiger partial charge on any atom is -0.343 e. The maximum Gasteiger partial charge on any atom is 0.416 e. The molecule has 0 atom stereocenters. The van der Waals surface area contributed by atoms with Crippen LogP contribution >= 0.6 is 11.6 Å².